The average Bonchev–Trinajstić information content (AvgIpc) is 1.63. The molecule has 12 aromatic heterocycles. The fraction of sp³-hybridized carbons (Fsp3) is 0.153. The van der Waals surface area contributed by atoms with Crippen LogP contribution < -0.4 is 21.7 Å². The van der Waals surface area contributed by atoms with Gasteiger partial charge in [-0.2, -0.15) is 15.3 Å². The molecule has 0 unspecified atom stereocenters. The van der Waals surface area contributed by atoms with E-state index in [0.29, 0.717) is 110 Å². The van der Waals surface area contributed by atoms with Gasteiger partial charge in [-0.05, 0) is 197 Å². The molecule has 0 aliphatic heterocycles. The van der Waals surface area contributed by atoms with Gasteiger partial charge in [-0.25, -0.2) is 28.1 Å². The number of H-pyrrole nitrogens is 6. The van der Waals surface area contributed by atoms with Crippen LogP contribution in [0.3, 0.4) is 0 Å². The number of fused-ring (bicyclic) bond motifs is 6. The van der Waals surface area contributed by atoms with Crippen LogP contribution in [0, 0.1) is 24.4 Å². The molecule has 6 aromatic carbocycles. The minimum atomic E-state index is -0.329. The predicted molar refractivity (Wildman–Crippen MR) is 443 cm³/mol. The third-order valence-electron chi connectivity index (χ3n) is 19.3. The lowest BCUT2D eigenvalue weighted by Gasteiger charge is -2.12. The number of hydrogen-bond acceptors (Lipinski definition) is 19. The van der Waals surface area contributed by atoms with Crippen LogP contribution in [0.5, 0.6) is 0 Å². The molecule has 0 aliphatic rings. The van der Waals surface area contributed by atoms with Crippen LogP contribution in [0.4, 0.5) is 35.9 Å². The molecule has 0 amide bonds. The number of pyridine rings is 6. The van der Waals surface area contributed by atoms with Crippen molar-refractivity contribution in [3.05, 3.63) is 231 Å². The fourth-order valence-corrected chi connectivity index (χ4v) is 13.6. The number of aromatic amines is 6. The molecule has 25 nitrogen and oxygen atoms in total. The Morgan fingerprint density at radius 2 is 0.726 bits per heavy atom. The van der Waals surface area contributed by atoms with E-state index in [2.05, 4.69) is 131 Å². The number of benzene rings is 6. The molecule has 18 rings (SSSR count). The van der Waals surface area contributed by atoms with Crippen molar-refractivity contribution in [3.8, 4) is 101 Å². The first kappa shape index (κ1) is 73.1. The van der Waals surface area contributed by atoms with Gasteiger partial charge in [-0.1, -0.05) is 24.3 Å². The summed E-state index contributed by atoms with van der Waals surface area (Å²) in [4.78, 5) is 56.8. The van der Waals surface area contributed by atoms with Gasteiger partial charge in [0.2, 0.25) is 0 Å². The standard InChI is InChI=1S/C29H27FN8.C28H26FN9.C28H25FN8/c1-17-6-7-31-14-23(17)18-4-5-25-22(12-18)28(37-36-25)29-34-26-16-32-15-24(27(26)35-29)19-10-20(30)13-21(11-19)33-8-9-38(2)3;1-38(2)6-5-33-21-9-17(7-19(29)11-21)23-14-32-15-25-26(23)35-28(34-25)27-22-10-16(3-4-24(22)36-37-27)18-8-20(30)13-31-12-18;1-37(2)9-8-32-21-11-19(10-20(29)13-21)23-15-31-16-25-26(23)34-28(33-25)27-22-12-17(5-6-24(22)35-36-27)18-4-3-7-30-14-18/h4-7,10-16,33H,8-9H2,1-3H3,(H,34,35)(H,36,37);3-4,7-15,33H,5-6,30H2,1-2H3,(H,34,35)(H,36,37);3-7,10-16,32H,8-9H2,1-2H3,(H,33,34)(H,35,36). The highest BCUT2D eigenvalue weighted by molar-refractivity contribution is 6.02. The second-order valence-corrected chi connectivity index (χ2v) is 28.3. The van der Waals surface area contributed by atoms with E-state index < -0.39 is 0 Å². The van der Waals surface area contributed by atoms with E-state index in [1.807, 2.05) is 134 Å². The number of nitrogens with two attached hydrogens (primary N) is 1. The topological polar surface area (TPSA) is 321 Å². The van der Waals surface area contributed by atoms with Crippen LogP contribution >= 0.6 is 0 Å². The Balaban J connectivity index is 0.000000128. The van der Waals surface area contributed by atoms with Crippen molar-refractivity contribution >= 4 is 88.6 Å². The molecule has 0 atom stereocenters. The largest absolute Gasteiger partial charge is 0.397 e. The maximum Gasteiger partial charge on any atom is 0.159 e. The van der Waals surface area contributed by atoms with Crippen molar-refractivity contribution < 1.29 is 13.2 Å². The Morgan fingerprint density at radius 1 is 0.345 bits per heavy atom. The molecular weight excluding hydrogens is 1430 g/mol. The number of aryl methyl sites for hydroxylation is 1. The van der Waals surface area contributed by atoms with Gasteiger partial charge in [0.15, 0.2) is 17.5 Å². The summed E-state index contributed by atoms with van der Waals surface area (Å²) in [6.45, 7) is 6.69. The van der Waals surface area contributed by atoms with E-state index in [1.165, 1.54) is 36.4 Å². The smallest absolute Gasteiger partial charge is 0.159 e. The van der Waals surface area contributed by atoms with E-state index in [4.69, 9.17) is 20.7 Å². The van der Waals surface area contributed by atoms with Gasteiger partial charge in [0.05, 0.1) is 73.9 Å². The van der Waals surface area contributed by atoms with Crippen LogP contribution in [-0.4, -0.2) is 187 Å². The van der Waals surface area contributed by atoms with Crippen molar-refractivity contribution in [2.45, 2.75) is 6.92 Å². The summed E-state index contributed by atoms with van der Waals surface area (Å²) in [6, 6.07) is 40.9. The van der Waals surface area contributed by atoms with E-state index in [-0.39, 0.29) is 17.5 Å². The van der Waals surface area contributed by atoms with Crippen LogP contribution in [-0.2, 0) is 0 Å². The summed E-state index contributed by atoms with van der Waals surface area (Å²) >= 11 is 0. The van der Waals surface area contributed by atoms with Gasteiger partial charge in [0.25, 0.3) is 0 Å². The number of nitrogen functional groups attached to an aromatic ring is 1. The lowest BCUT2D eigenvalue weighted by molar-refractivity contribution is 0.425. The molecule has 11 N–H and O–H groups in total. The zero-order chi connectivity index (χ0) is 77.8. The minimum absolute atomic E-state index is 0.320. The van der Waals surface area contributed by atoms with Crippen LogP contribution in [0.25, 0.3) is 167 Å². The zero-order valence-electron chi connectivity index (χ0n) is 62.8. The van der Waals surface area contributed by atoms with Crippen molar-refractivity contribution in [3.63, 3.8) is 0 Å². The van der Waals surface area contributed by atoms with E-state index in [9.17, 15) is 13.2 Å². The summed E-state index contributed by atoms with van der Waals surface area (Å²) in [5.41, 5.74) is 29.3. The number of nitrogens with one attached hydrogen (secondary N) is 9. The first-order valence-corrected chi connectivity index (χ1v) is 36.5. The second kappa shape index (κ2) is 31.9. The zero-order valence-corrected chi connectivity index (χ0v) is 62.8. The first-order chi connectivity index (χ1) is 54.9. The highest BCUT2D eigenvalue weighted by atomic mass is 19.1. The van der Waals surface area contributed by atoms with Gasteiger partial charge in [-0.15, -0.1) is 0 Å². The molecule has 18 aromatic rings. The predicted octanol–water partition coefficient (Wildman–Crippen LogP) is 15.9. The minimum Gasteiger partial charge on any atom is -0.397 e. The van der Waals surface area contributed by atoms with E-state index >= 15 is 0 Å². The monoisotopic (exact) mass is 1510 g/mol. The fourth-order valence-electron chi connectivity index (χ4n) is 13.6. The number of hydrogen-bond donors (Lipinski definition) is 10. The number of nitrogens with zero attached hydrogens (tertiary/aromatic N) is 15. The molecule has 0 bridgehead atoms. The molecule has 0 radical (unpaired) electrons. The van der Waals surface area contributed by atoms with Crippen molar-refractivity contribution in [1.29, 1.82) is 0 Å². The lowest BCUT2D eigenvalue weighted by atomic mass is 10.0. The molecule has 564 valence electrons. The summed E-state index contributed by atoms with van der Waals surface area (Å²) in [5.74, 6) is 0.840. The van der Waals surface area contributed by atoms with Gasteiger partial charge in [-0.3, -0.25) is 45.2 Å². The van der Waals surface area contributed by atoms with Crippen molar-refractivity contribution in [1.82, 2.24) is 105 Å². The summed E-state index contributed by atoms with van der Waals surface area (Å²) in [6.07, 6.45) is 21.0. The molecule has 12 heterocycles. The molecule has 0 saturated carbocycles. The third kappa shape index (κ3) is 16.0. The van der Waals surface area contributed by atoms with Gasteiger partial charge in [0.1, 0.15) is 34.5 Å². The Hall–Kier alpha value is -14.1. The molecular formula is C85H78F3N25. The normalized spacial score (nSPS) is 11.6. The molecule has 113 heavy (non-hydrogen) atoms. The van der Waals surface area contributed by atoms with Gasteiger partial charge < -0.3 is 51.3 Å². The van der Waals surface area contributed by atoms with Crippen LogP contribution in [0.15, 0.2) is 208 Å². The molecule has 28 heteroatoms. The van der Waals surface area contributed by atoms with Crippen LogP contribution in [0.1, 0.15) is 5.56 Å². The number of halogens is 3. The Labute approximate surface area is 645 Å². The maximum atomic E-state index is 14.6. The SMILES string of the molecule is CN(C)CCNc1cc(F)cc(-c2cncc3[nH]c(-c4n[nH]c5ccc(-c6cccnc6)cc45)nc23)c1.CN(C)CCNc1cc(F)cc(-c2cncc3[nH]c(-c4n[nH]c5ccc(-c6cncc(N)c6)cc45)nc23)c1.Cc1ccncc1-c1ccc2[nH]nc(-c3nc4c(-c5cc(F)cc(NCCN(C)C)c5)cncc4[nH]3)c2c1. The first-order valence-electron chi connectivity index (χ1n) is 36.5. The second-order valence-electron chi connectivity index (χ2n) is 28.3. The summed E-state index contributed by atoms with van der Waals surface area (Å²) in [5, 5.41) is 35.6. The number of imidazole rings is 3. The van der Waals surface area contributed by atoms with Crippen LogP contribution in [0.2, 0.25) is 0 Å². The molecule has 0 fully saturated rings. The number of rotatable bonds is 21. The Morgan fingerprint density at radius 3 is 1.12 bits per heavy atom. The quantitative estimate of drug-likeness (QED) is 0.0319. The summed E-state index contributed by atoms with van der Waals surface area (Å²) < 4.78 is 43.7. The average molecular weight is 1510 g/mol. The van der Waals surface area contributed by atoms with Crippen molar-refractivity contribution in [2.24, 2.45) is 0 Å². The summed E-state index contributed by atoms with van der Waals surface area (Å²) in [7, 11) is 12.0. The Bertz CT molecular complexity index is 6470. The highest BCUT2D eigenvalue weighted by Gasteiger charge is 2.22. The number of aromatic nitrogens is 18. The van der Waals surface area contributed by atoms with Gasteiger partial charge >= 0.3 is 0 Å². The lowest BCUT2D eigenvalue weighted by Crippen LogP contribution is -2.20. The van der Waals surface area contributed by atoms with Crippen molar-refractivity contribution in [2.75, 3.05) is 103 Å². The van der Waals surface area contributed by atoms with E-state index in [0.717, 1.165) is 125 Å². The third-order valence-corrected chi connectivity index (χ3v) is 19.3. The number of likely N-dealkylation sites (N-methyl/N-ethyl adjacent to an activating group) is 3. The number of anilines is 4. The molecule has 0 spiro atoms. The van der Waals surface area contributed by atoms with E-state index in [1.54, 1.807) is 62.0 Å². The highest BCUT2D eigenvalue weighted by Crippen LogP contribution is 2.39. The molecule has 0 saturated heterocycles. The maximum absolute atomic E-state index is 14.6. The Kier molecular flexibility index (Phi) is 20.6. The molecule has 0 aliphatic carbocycles. The van der Waals surface area contributed by atoms with Gasteiger partial charge in [0, 0.05) is 162 Å².